The topological polar surface area (TPSA) is 72.6 Å². The number of benzene rings is 1. The monoisotopic (exact) mass is 268 g/mol. The van der Waals surface area contributed by atoms with Crippen molar-refractivity contribution in [3.8, 4) is 0 Å². The molecule has 1 aromatic carbocycles. The molecule has 0 aliphatic rings. The van der Waals surface area contributed by atoms with Gasteiger partial charge in [0.2, 0.25) is 0 Å². The van der Waals surface area contributed by atoms with Crippen LogP contribution in [0.4, 0.5) is 5.69 Å². The largest absolute Gasteiger partial charge is 0.269 e. The zero-order valence-corrected chi connectivity index (χ0v) is 11.7. The van der Waals surface area contributed by atoms with E-state index < -0.39 is 20.7 Å². The zero-order chi connectivity index (χ0) is 13.9. The summed E-state index contributed by atoms with van der Waals surface area (Å²) in [6, 6.07) is 6.04. The van der Waals surface area contributed by atoms with Gasteiger partial charge in [-0.25, -0.2) is 4.21 Å². The van der Waals surface area contributed by atoms with E-state index in [0.29, 0.717) is 5.71 Å². The first kappa shape index (κ1) is 14.5. The van der Waals surface area contributed by atoms with Gasteiger partial charge < -0.3 is 0 Å². The molecule has 1 atom stereocenters. The van der Waals surface area contributed by atoms with Crippen molar-refractivity contribution in [1.82, 2.24) is 0 Å². The van der Waals surface area contributed by atoms with E-state index in [-0.39, 0.29) is 5.69 Å². The third kappa shape index (κ3) is 3.73. The normalized spacial score (nSPS) is 14.3. The highest BCUT2D eigenvalue weighted by Crippen LogP contribution is 2.16. The van der Waals surface area contributed by atoms with E-state index in [0.717, 1.165) is 5.56 Å². The number of hydrogen-bond donors (Lipinski definition) is 0. The predicted octanol–water partition coefficient (Wildman–Crippen LogP) is 2.87. The molecule has 0 saturated carbocycles. The molecule has 1 aromatic rings. The molecule has 0 fully saturated rings. The van der Waals surface area contributed by atoms with Crippen LogP contribution in [0.15, 0.2) is 28.7 Å². The summed E-state index contributed by atoms with van der Waals surface area (Å²) in [6.45, 7) is 7.27. The fourth-order valence-electron chi connectivity index (χ4n) is 1.14. The molecule has 0 aliphatic heterocycles. The fraction of sp³-hybridized carbons (Fsp3) is 0.417. The lowest BCUT2D eigenvalue weighted by Crippen LogP contribution is -2.20. The summed E-state index contributed by atoms with van der Waals surface area (Å²) < 4.78 is 15.5. The maximum Gasteiger partial charge on any atom is 0.269 e. The third-order valence-corrected chi connectivity index (χ3v) is 3.73. The van der Waals surface area contributed by atoms with Crippen molar-refractivity contribution in [2.75, 3.05) is 0 Å². The van der Waals surface area contributed by atoms with Gasteiger partial charge in [-0.3, -0.25) is 10.1 Å². The van der Waals surface area contributed by atoms with E-state index in [9.17, 15) is 14.3 Å². The van der Waals surface area contributed by atoms with E-state index in [1.807, 2.05) is 20.8 Å². The van der Waals surface area contributed by atoms with Gasteiger partial charge in [0.05, 0.1) is 15.4 Å². The number of hydrogen-bond acceptors (Lipinski definition) is 3. The van der Waals surface area contributed by atoms with Gasteiger partial charge in [-0.2, -0.15) is 4.40 Å². The highest BCUT2D eigenvalue weighted by atomic mass is 32.2. The van der Waals surface area contributed by atoms with Gasteiger partial charge >= 0.3 is 0 Å². The van der Waals surface area contributed by atoms with Crippen LogP contribution >= 0.6 is 0 Å². The average Bonchev–Trinajstić information content (AvgIpc) is 2.27. The van der Waals surface area contributed by atoms with E-state index in [1.165, 1.54) is 12.1 Å². The molecular formula is C12H16N2O3S. The first-order chi connectivity index (χ1) is 8.21. The van der Waals surface area contributed by atoms with Crippen molar-refractivity contribution in [1.29, 1.82) is 0 Å². The van der Waals surface area contributed by atoms with Crippen LogP contribution in [0.3, 0.4) is 0 Å². The Morgan fingerprint density at radius 2 is 1.78 bits per heavy atom. The Morgan fingerprint density at radius 1 is 1.28 bits per heavy atom. The molecule has 1 rings (SSSR count). The third-order valence-electron chi connectivity index (χ3n) is 2.24. The summed E-state index contributed by atoms with van der Waals surface area (Å²) in [5.41, 5.74) is 1.37. The smallest absolute Gasteiger partial charge is 0.258 e. The van der Waals surface area contributed by atoms with Gasteiger partial charge in [0, 0.05) is 12.1 Å². The molecule has 0 bridgehead atoms. The van der Waals surface area contributed by atoms with Crippen molar-refractivity contribution in [3.63, 3.8) is 0 Å². The highest BCUT2D eigenvalue weighted by molar-refractivity contribution is 7.85. The Kier molecular flexibility index (Phi) is 4.34. The van der Waals surface area contributed by atoms with Gasteiger partial charge in [-0.1, -0.05) is 0 Å². The molecule has 0 saturated heterocycles. The maximum atomic E-state index is 11.8. The van der Waals surface area contributed by atoms with Crippen LogP contribution in [0.5, 0.6) is 0 Å². The molecule has 5 nitrogen and oxygen atoms in total. The maximum absolute atomic E-state index is 11.8. The first-order valence-corrected chi connectivity index (χ1v) is 6.54. The van der Waals surface area contributed by atoms with Crippen molar-refractivity contribution >= 4 is 22.4 Å². The van der Waals surface area contributed by atoms with Gasteiger partial charge in [0.1, 0.15) is 11.0 Å². The van der Waals surface area contributed by atoms with E-state index >= 15 is 0 Å². The number of non-ortho nitro benzene ring substituents is 1. The molecule has 6 heteroatoms. The minimum Gasteiger partial charge on any atom is -0.258 e. The first-order valence-electron chi connectivity index (χ1n) is 5.44. The number of nitro groups is 1. The molecule has 0 aromatic heterocycles. The quantitative estimate of drug-likeness (QED) is 0.480. The molecule has 98 valence electrons. The molecule has 18 heavy (non-hydrogen) atoms. The summed E-state index contributed by atoms with van der Waals surface area (Å²) in [4.78, 5) is 10.1. The SMILES string of the molecule is C/C(=N\[S@@](=O)C(C)(C)C)c1ccc([N+](=O)[O-])cc1. The molecule has 0 heterocycles. The molecule has 0 unspecified atom stereocenters. The van der Waals surface area contributed by atoms with Crippen LogP contribution in [-0.4, -0.2) is 19.6 Å². The van der Waals surface area contributed by atoms with Gasteiger partial charge in [0.15, 0.2) is 0 Å². The Balaban J connectivity index is 2.98. The van der Waals surface area contributed by atoms with Crippen LogP contribution in [0, 0.1) is 10.1 Å². The van der Waals surface area contributed by atoms with Crippen molar-refractivity contribution in [3.05, 3.63) is 39.9 Å². The Labute approximate surface area is 109 Å². The van der Waals surface area contributed by atoms with E-state index in [2.05, 4.69) is 4.40 Å². The Bertz CT molecular complexity index is 501. The molecule has 0 spiro atoms. The summed E-state index contributed by atoms with van der Waals surface area (Å²) in [6.07, 6.45) is 0. The second-order valence-electron chi connectivity index (χ2n) is 4.84. The lowest BCUT2D eigenvalue weighted by molar-refractivity contribution is -0.384. The van der Waals surface area contributed by atoms with Gasteiger partial charge in [-0.15, -0.1) is 0 Å². The Morgan fingerprint density at radius 3 is 2.17 bits per heavy atom. The number of rotatable bonds is 3. The molecule has 0 N–H and O–H groups in total. The Hall–Kier alpha value is -1.56. The van der Waals surface area contributed by atoms with Crippen molar-refractivity contribution in [2.24, 2.45) is 4.40 Å². The fourth-order valence-corrected chi connectivity index (χ4v) is 1.77. The predicted molar refractivity (Wildman–Crippen MR) is 73.2 cm³/mol. The number of nitro benzene ring substituents is 1. The van der Waals surface area contributed by atoms with Crippen molar-refractivity contribution < 1.29 is 9.13 Å². The summed E-state index contributed by atoms with van der Waals surface area (Å²) in [5.74, 6) is 0. The minimum atomic E-state index is -1.33. The summed E-state index contributed by atoms with van der Waals surface area (Å²) in [7, 11) is -1.33. The summed E-state index contributed by atoms with van der Waals surface area (Å²) >= 11 is 0. The molecular weight excluding hydrogens is 252 g/mol. The number of nitrogens with zero attached hydrogens (tertiary/aromatic N) is 2. The molecule has 0 aliphatic carbocycles. The van der Waals surface area contributed by atoms with Gasteiger partial charge in [-0.05, 0) is 45.4 Å². The van der Waals surface area contributed by atoms with Crippen LogP contribution in [-0.2, 0) is 11.0 Å². The molecule has 0 amide bonds. The van der Waals surface area contributed by atoms with E-state index in [4.69, 9.17) is 0 Å². The van der Waals surface area contributed by atoms with E-state index in [1.54, 1.807) is 19.1 Å². The highest BCUT2D eigenvalue weighted by Gasteiger charge is 2.19. The summed E-state index contributed by atoms with van der Waals surface area (Å²) in [5, 5.41) is 10.5. The zero-order valence-electron chi connectivity index (χ0n) is 10.8. The lowest BCUT2D eigenvalue weighted by atomic mass is 10.1. The second kappa shape index (κ2) is 5.39. The van der Waals surface area contributed by atoms with Crippen LogP contribution in [0.2, 0.25) is 0 Å². The minimum absolute atomic E-state index is 0.0310. The van der Waals surface area contributed by atoms with Gasteiger partial charge in [0.25, 0.3) is 5.69 Å². The van der Waals surface area contributed by atoms with Crippen LogP contribution in [0.1, 0.15) is 33.3 Å². The second-order valence-corrected chi connectivity index (χ2v) is 6.75. The van der Waals surface area contributed by atoms with Crippen LogP contribution < -0.4 is 0 Å². The molecule has 0 radical (unpaired) electrons. The average molecular weight is 268 g/mol. The lowest BCUT2D eigenvalue weighted by Gasteiger charge is -2.14. The van der Waals surface area contributed by atoms with Crippen LogP contribution in [0.25, 0.3) is 0 Å². The van der Waals surface area contributed by atoms with Crippen molar-refractivity contribution in [2.45, 2.75) is 32.4 Å². The standard InChI is InChI=1S/C12H16N2O3S/c1-9(13-18(17)12(2,3)4)10-5-7-11(8-6-10)14(15)16/h5-8H,1-4H3/b13-9+/t18-/m0/s1.